The molecule has 2 atom stereocenters. The normalized spacial score (nSPS) is 29.1. The fourth-order valence-corrected chi connectivity index (χ4v) is 10.6. The van der Waals surface area contributed by atoms with Crippen molar-refractivity contribution in [3.8, 4) is 17.0 Å². The molecule has 3 saturated carbocycles. The summed E-state index contributed by atoms with van der Waals surface area (Å²) in [7, 11) is 0. The molecule has 4 N–H and O–H groups in total. The highest BCUT2D eigenvalue weighted by molar-refractivity contribution is 6.23. The van der Waals surface area contributed by atoms with Gasteiger partial charge in [0.2, 0.25) is 11.8 Å². The number of amides is 4. The molecule has 1 unspecified atom stereocenters. The van der Waals surface area contributed by atoms with Crippen LogP contribution in [-0.4, -0.2) is 119 Å². The number of carbonyl (C=O) groups excluding carboxylic acids is 4. The van der Waals surface area contributed by atoms with Gasteiger partial charge in [-0.05, 0) is 92.8 Å². The van der Waals surface area contributed by atoms with Crippen LogP contribution in [-0.2, 0) is 9.59 Å². The Kier molecular flexibility index (Phi) is 7.74. The van der Waals surface area contributed by atoms with Gasteiger partial charge in [0.1, 0.15) is 11.8 Å². The molecule has 1 aromatic heterocycles. The van der Waals surface area contributed by atoms with Gasteiger partial charge in [0, 0.05) is 69.0 Å². The van der Waals surface area contributed by atoms with E-state index in [-0.39, 0.29) is 24.5 Å². The summed E-state index contributed by atoms with van der Waals surface area (Å²) < 4.78 is 0. The number of nitrogens with one attached hydrogen (secondary N) is 3. The van der Waals surface area contributed by atoms with E-state index in [0.717, 1.165) is 87.3 Å². The molecule has 14 nitrogen and oxygen atoms in total. The van der Waals surface area contributed by atoms with E-state index in [9.17, 15) is 24.3 Å². The van der Waals surface area contributed by atoms with E-state index in [1.54, 1.807) is 18.2 Å². The largest absolute Gasteiger partial charge is 0.507 e. The zero-order valence-corrected chi connectivity index (χ0v) is 30.2. The van der Waals surface area contributed by atoms with Crippen LogP contribution in [0.15, 0.2) is 48.5 Å². The van der Waals surface area contributed by atoms with E-state index in [2.05, 4.69) is 46.9 Å². The maximum Gasteiger partial charge on any atom is 0.262 e. The van der Waals surface area contributed by atoms with E-state index in [1.165, 1.54) is 19.3 Å². The van der Waals surface area contributed by atoms with Crippen LogP contribution in [0.25, 0.3) is 11.3 Å². The maximum atomic E-state index is 13.3. The van der Waals surface area contributed by atoms with Gasteiger partial charge in [-0.2, -0.15) is 0 Å². The zero-order chi connectivity index (χ0) is 36.8. The van der Waals surface area contributed by atoms with Crippen LogP contribution in [0.5, 0.6) is 5.75 Å². The minimum Gasteiger partial charge on any atom is -0.507 e. The zero-order valence-electron chi connectivity index (χ0n) is 30.2. The van der Waals surface area contributed by atoms with Crippen LogP contribution in [0.3, 0.4) is 0 Å². The highest BCUT2D eigenvalue weighted by atomic mass is 16.3. The number of aromatic nitrogens is 2. The van der Waals surface area contributed by atoms with E-state index < -0.39 is 23.8 Å². The Hall–Kier alpha value is -5.08. The summed E-state index contributed by atoms with van der Waals surface area (Å²) in [6, 6.07) is 14.2. The Morgan fingerprint density at radius 1 is 0.870 bits per heavy atom. The smallest absolute Gasteiger partial charge is 0.262 e. The Balaban J connectivity index is 0.688. The molecule has 5 aliphatic heterocycles. The number of aromatic hydroxyl groups is 1. The second-order valence-corrected chi connectivity index (χ2v) is 16.7. The first kappa shape index (κ1) is 33.5. The summed E-state index contributed by atoms with van der Waals surface area (Å²) >= 11 is 0. The van der Waals surface area contributed by atoms with Crippen molar-refractivity contribution >= 4 is 40.8 Å². The van der Waals surface area contributed by atoms with Gasteiger partial charge in [-0.15, -0.1) is 10.2 Å². The van der Waals surface area contributed by atoms with Crippen molar-refractivity contribution in [3.05, 3.63) is 59.7 Å². The van der Waals surface area contributed by atoms with E-state index in [4.69, 9.17) is 0 Å². The fourth-order valence-electron chi connectivity index (χ4n) is 10.6. The van der Waals surface area contributed by atoms with Crippen LogP contribution in [0.1, 0.15) is 65.7 Å². The third-order valence-electron chi connectivity index (χ3n) is 13.2. The quantitative estimate of drug-likeness (QED) is 0.251. The Bertz CT molecular complexity index is 2060. The Morgan fingerprint density at radius 2 is 1.67 bits per heavy atom. The summed E-state index contributed by atoms with van der Waals surface area (Å²) in [5.74, 6) is -0.281. The SMILES string of the molecule is O=C1CCC(N2C(=O)c3ccc(N4CCC(CNC56CC(CN7CCN8c9cc(-c%10ccccc%10O)nnc9NC[C@H]8C7)(C5)C6)CC4)cc3C2=O)C(=O)N1. The molecule has 3 aromatic rings. The predicted octanol–water partition coefficient (Wildman–Crippen LogP) is 2.60. The second kappa shape index (κ2) is 12.5. The first-order chi connectivity index (χ1) is 26.2. The molecule has 0 radical (unpaired) electrons. The molecule has 3 aliphatic carbocycles. The highest BCUT2D eigenvalue weighted by Crippen LogP contribution is 2.67. The molecule has 2 bridgehead atoms. The third kappa shape index (κ3) is 5.52. The van der Waals surface area contributed by atoms with Crippen LogP contribution < -0.4 is 25.8 Å². The number of nitrogens with zero attached hydrogens (tertiary/aromatic N) is 6. The molecule has 6 heterocycles. The van der Waals surface area contributed by atoms with Crippen molar-refractivity contribution in [3.63, 3.8) is 0 Å². The minimum absolute atomic E-state index is 0.107. The number of piperazine rings is 1. The molecule has 14 heteroatoms. The number of imide groups is 2. The fraction of sp³-hybridized carbons (Fsp3) is 0.500. The first-order valence-corrected chi connectivity index (χ1v) is 19.4. The number of hydrogen-bond acceptors (Lipinski definition) is 12. The lowest BCUT2D eigenvalue weighted by molar-refractivity contribution is -0.169. The number of rotatable bonds is 8. The summed E-state index contributed by atoms with van der Waals surface area (Å²) in [5.41, 5.74) is 4.75. The van der Waals surface area contributed by atoms with Crippen molar-refractivity contribution in [2.75, 3.05) is 67.5 Å². The molecule has 6 fully saturated rings. The lowest BCUT2D eigenvalue weighted by Gasteiger charge is -2.72. The number of carbonyl (C=O) groups is 4. The predicted molar refractivity (Wildman–Crippen MR) is 200 cm³/mol. The van der Waals surface area contributed by atoms with Gasteiger partial charge in [-0.3, -0.25) is 34.3 Å². The molecular formula is C40H45N9O5. The van der Waals surface area contributed by atoms with E-state index in [0.29, 0.717) is 45.3 Å². The number of phenolic OH excluding ortho intramolecular Hbond substituents is 1. The lowest BCUT2D eigenvalue weighted by Crippen LogP contribution is -2.77. The highest BCUT2D eigenvalue weighted by Gasteiger charge is 2.67. The number of hydrogen-bond donors (Lipinski definition) is 4. The maximum absolute atomic E-state index is 13.3. The molecule has 4 amide bonds. The average molecular weight is 732 g/mol. The van der Waals surface area contributed by atoms with E-state index in [1.807, 2.05) is 24.3 Å². The van der Waals surface area contributed by atoms with Crippen molar-refractivity contribution in [2.24, 2.45) is 11.3 Å². The van der Waals surface area contributed by atoms with Crippen molar-refractivity contribution in [2.45, 2.75) is 62.6 Å². The standard InChI is InChI=1S/C40H45N9O5/c50-33-4-2-1-3-28(33)30-16-32-35(45-44-30)41-18-26-19-46(13-14-48(26)32)23-39-20-40(21-39,22-39)42-17-24-9-11-47(12-10-24)25-5-6-27-29(15-25)38(54)49(37(27)53)31-7-8-34(51)43-36(31)52/h1-6,15-16,24,26,31,42,50H,7-14,17-23H2,(H,41,45)(H,43,51,52)/t26-,31?,39?,40?/m0/s1. The summed E-state index contributed by atoms with van der Waals surface area (Å²) in [5, 5.41) is 29.0. The van der Waals surface area contributed by atoms with Gasteiger partial charge >= 0.3 is 0 Å². The summed E-state index contributed by atoms with van der Waals surface area (Å²) in [4.78, 5) is 58.9. The molecule has 2 aromatic carbocycles. The lowest BCUT2D eigenvalue weighted by atomic mass is 9.39. The number of benzene rings is 2. The van der Waals surface area contributed by atoms with E-state index >= 15 is 0 Å². The first-order valence-electron chi connectivity index (χ1n) is 19.4. The van der Waals surface area contributed by atoms with Gasteiger partial charge < -0.3 is 25.5 Å². The monoisotopic (exact) mass is 731 g/mol. The van der Waals surface area contributed by atoms with Gasteiger partial charge in [0.25, 0.3) is 11.8 Å². The molecule has 0 spiro atoms. The number of para-hydroxylation sites is 1. The van der Waals surface area contributed by atoms with Crippen LogP contribution in [0.4, 0.5) is 17.2 Å². The molecule has 11 rings (SSSR count). The number of phenols is 1. The van der Waals surface area contributed by atoms with Crippen LogP contribution in [0, 0.1) is 11.3 Å². The summed E-state index contributed by atoms with van der Waals surface area (Å²) in [6.07, 6.45) is 6.13. The third-order valence-corrected chi connectivity index (χ3v) is 13.2. The van der Waals surface area contributed by atoms with Gasteiger partial charge in [-0.1, -0.05) is 12.1 Å². The van der Waals surface area contributed by atoms with Crippen LogP contribution >= 0.6 is 0 Å². The molecule has 8 aliphatic rings. The minimum atomic E-state index is -0.954. The topological polar surface area (TPSA) is 163 Å². The van der Waals surface area contributed by atoms with Gasteiger partial charge in [-0.25, -0.2) is 0 Å². The van der Waals surface area contributed by atoms with Crippen molar-refractivity contribution in [1.82, 2.24) is 30.6 Å². The Morgan fingerprint density at radius 3 is 2.46 bits per heavy atom. The van der Waals surface area contributed by atoms with Crippen molar-refractivity contribution in [1.29, 1.82) is 0 Å². The Labute approximate surface area is 313 Å². The molecular weight excluding hydrogens is 686 g/mol. The van der Waals surface area contributed by atoms with Crippen LogP contribution in [0.2, 0.25) is 0 Å². The second-order valence-electron chi connectivity index (χ2n) is 16.7. The van der Waals surface area contributed by atoms with Crippen molar-refractivity contribution < 1.29 is 24.3 Å². The number of fused-ring (bicyclic) bond motifs is 4. The number of piperidine rings is 2. The van der Waals surface area contributed by atoms with Gasteiger partial charge in [0.05, 0.1) is 28.6 Å². The number of anilines is 3. The molecule has 3 saturated heterocycles. The molecule has 54 heavy (non-hydrogen) atoms. The summed E-state index contributed by atoms with van der Waals surface area (Å²) in [6.45, 7) is 7.80. The average Bonchev–Trinajstić information content (AvgIpc) is 3.40. The van der Waals surface area contributed by atoms with Gasteiger partial charge in [0.15, 0.2) is 5.82 Å². The molecule has 280 valence electrons.